The van der Waals surface area contributed by atoms with Crippen LogP contribution in [0.4, 0.5) is 13.9 Å². The predicted octanol–water partition coefficient (Wildman–Crippen LogP) is 5.35. The third kappa shape index (κ3) is 4.65. The van der Waals surface area contributed by atoms with Gasteiger partial charge in [0.05, 0.1) is 11.8 Å². The predicted molar refractivity (Wildman–Crippen MR) is 111 cm³/mol. The second kappa shape index (κ2) is 8.91. The maximum atomic E-state index is 14.6. The summed E-state index contributed by atoms with van der Waals surface area (Å²) in [7, 11) is 0. The van der Waals surface area contributed by atoms with Crippen molar-refractivity contribution in [1.82, 2.24) is 4.98 Å². The van der Waals surface area contributed by atoms with Gasteiger partial charge in [-0.1, -0.05) is 42.5 Å². The molecule has 1 aromatic heterocycles. The standard InChI is InChI=1S/C21H19F2N3O2S/c1-3-10-26(24-12-14-8-9-15(22)11-17(14)20(27)28)21-25-18(19(23)29-21)16-7-5-4-6-13(16)2/h4-9,11-12H,3,10H2,1-2H3,(H,27,28)/b24-12+. The quantitative estimate of drug-likeness (QED) is 0.418. The minimum atomic E-state index is -1.25. The number of rotatable bonds is 7. The van der Waals surface area contributed by atoms with Crippen LogP contribution in [0.3, 0.4) is 0 Å². The molecular weight excluding hydrogens is 396 g/mol. The molecule has 0 radical (unpaired) electrons. The Kier molecular flexibility index (Phi) is 6.33. The van der Waals surface area contributed by atoms with E-state index >= 15 is 0 Å². The van der Waals surface area contributed by atoms with E-state index in [4.69, 9.17) is 0 Å². The maximum absolute atomic E-state index is 14.6. The second-order valence-corrected chi connectivity index (χ2v) is 7.27. The molecule has 3 rings (SSSR count). The number of benzene rings is 2. The van der Waals surface area contributed by atoms with Crippen LogP contribution in [-0.2, 0) is 0 Å². The van der Waals surface area contributed by atoms with Gasteiger partial charge in [-0.25, -0.2) is 19.2 Å². The van der Waals surface area contributed by atoms with Crippen molar-refractivity contribution in [2.45, 2.75) is 20.3 Å². The SMILES string of the molecule is CCCN(/N=C/c1ccc(F)cc1C(=O)O)c1nc(-c2ccccc2C)c(F)s1. The first-order chi connectivity index (χ1) is 13.9. The smallest absolute Gasteiger partial charge is 0.336 e. The van der Waals surface area contributed by atoms with Gasteiger partial charge in [0.25, 0.3) is 0 Å². The van der Waals surface area contributed by atoms with Crippen LogP contribution in [0.15, 0.2) is 47.6 Å². The topological polar surface area (TPSA) is 65.8 Å². The van der Waals surface area contributed by atoms with Crippen LogP contribution in [0.25, 0.3) is 11.3 Å². The Morgan fingerprint density at radius 2 is 2.03 bits per heavy atom. The molecule has 0 aliphatic rings. The first kappa shape index (κ1) is 20.6. The Morgan fingerprint density at radius 3 is 2.72 bits per heavy atom. The molecule has 0 aliphatic heterocycles. The number of carboxylic acids is 1. The highest BCUT2D eigenvalue weighted by molar-refractivity contribution is 7.14. The van der Waals surface area contributed by atoms with E-state index in [1.54, 1.807) is 0 Å². The summed E-state index contributed by atoms with van der Waals surface area (Å²) in [6.07, 6.45) is 2.04. The molecule has 0 bridgehead atoms. The molecule has 0 saturated carbocycles. The van der Waals surface area contributed by atoms with Gasteiger partial charge >= 0.3 is 5.97 Å². The highest BCUT2D eigenvalue weighted by Crippen LogP contribution is 2.33. The van der Waals surface area contributed by atoms with E-state index in [-0.39, 0.29) is 16.8 Å². The lowest BCUT2D eigenvalue weighted by molar-refractivity contribution is 0.0696. The van der Waals surface area contributed by atoms with Crippen LogP contribution >= 0.6 is 11.3 Å². The van der Waals surface area contributed by atoms with Crippen LogP contribution in [-0.4, -0.2) is 28.8 Å². The summed E-state index contributed by atoms with van der Waals surface area (Å²) in [5.41, 5.74) is 1.92. The minimum Gasteiger partial charge on any atom is -0.478 e. The molecule has 150 valence electrons. The van der Waals surface area contributed by atoms with E-state index in [1.807, 2.05) is 38.1 Å². The van der Waals surface area contributed by atoms with E-state index in [9.17, 15) is 18.7 Å². The lowest BCUT2D eigenvalue weighted by atomic mass is 10.1. The Bertz CT molecular complexity index is 1070. The van der Waals surface area contributed by atoms with Crippen LogP contribution in [0, 0.1) is 17.9 Å². The highest BCUT2D eigenvalue weighted by Gasteiger charge is 2.18. The Labute approximate surface area is 171 Å². The number of hydrogen-bond acceptors (Lipinski definition) is 5. The summed E-state index contributed by atoms with van der Waals surface area (Å²) in [4.78, 5) is 15.8. The molecule has 0 fully saturated rings. The average Bonchev–Trinajstić information content (AvgIpc) is 3.07. The fraction of sp³-hybridized carbons (Fsp3) is 0.190. The molecule has 1 N–H and O–H groups in total. The van der Waals surface area contributed by atoms with Crippen LogP contribution < -0.4 is 5.01 Å². The summed E-state index contributed by atoms with van der Waals surface area (Å²) in [6, 6.07) is 10.8. The lowest BCUT2D eigenvalue weighted by Gasteiger charge is -2.14. The fourth-order valence-corrected chi connectivity index (χ4v) is 3.57. The zero-order chi connectivity index (χ0) is 21.0. The number of carboxylic acid groups (broad SMARTS) is 1. The second-order valence-electron chi connectivity index (χ2n) is 6.34. The van der Waals surface area contributed by atoms with E-state index in [2.05, 4.69) is 10.1 Å². The first-order valence-corrected chi connectivity index (χ1v) is 9.79. The average molecular weight is 415 g/mol. The number of anilines is 1. The number of aromatic carboxylic acids is 1. The molecule has 29 heavy (non-hydrogen) atoms. The molecule has 0 atom stereocenters. The van der Waals surface area contributed by atoms with Gasteiger partial charge in [-0.15, -0.1) is 0 Å². The van der Waals surface area contributed by atoms with Crippen molar-refractivity contribution in [3.63, 3.8) is 0 Å². The third-order valence-electron chi connectivity index (χ3n) is 4.21. The summed E-state index contributed by atoms with van der Waals surface area (Å²) in [5, 5.41) is 15.0. The molecule has 0 spiro atoms. The van der Waals surface area contributed by atoms with Crippen molar-refractivity contribution in [1.29, 1.82) is 0 Å². The van der Waals surface area contributed by atoms with Crippen LogP contribution in [0.5, 0.6) is 0 Å². The van der Waals surface area contributed by atoms with Crippen molar-refractivity contribution in [3.05, 3.63) is 70.1 Å². The summed E-state index contributed by atoms with van der Waals surface area (Å²) in [6.45, 7) is 4.29. The van der Waals surface area contributed by atoms with Crippen molar-refractivity contribution < 1.29 is 18.7 Å². The van der Waals surface area contributed by atoms with E-state index in [1.165, 1.54) is 17.3 Å². The van der Waals surface area contributed by atoms with Crippen molar-refractivity contribution in [2.75, 3.05) is 11.6 Å². The molecule has 3 aromatic rings. The first-order valence-electron chi connectivity index (χ1n) is 8.97. The van der Waals surface area contributed by atoms with E-state index < -0.39 is 16.9 Å². The van der Waals surface area contributed by atoms with Crippen molar-refractivity contribution in [2.24, 2.45) is 5.10 Å². The van der Waals surface area contributed by atoms with Crippen molar-refractivity contribution in [3.8, 4) is 11.3 Å². The van der Waals surface area contributed by atoms with Gasteiger partial charge < -0.3 is 5.11 Å². The van der Waals surface area contributed by atoms with Gasteiger partial charge in [-0.05, 0) is 37.1 Å². The summed E-state index contributed by atoms with van der Waals surface area (Å²) >= 11 is 0.872. The number of hydrogen-bond donors (Lipinski definition) is 1. The lowest BCUT2D eigenvalue weighted by Crippen LogP contribution is -2.17. The van der Waals surface area contributed by atoms with Gasteiger partial charge in [0.15, 0.2) is 0 Å². The number of halogens is 2. The summed E-state index contributed by atoms with van der Waals surface area (Å²) < 4.78 is 28.0. The number of aromatic nitrogens is 1. The Balaban J connectivity index is 1.96. The molecular formula is C21H19F2N3O2S. The van der Waals surface area contributed by atoms with E-state index in [0.717, 1.165) is 29.0 Å². The Morgan fingerprint density at radius 1 is 1.28 bits per heavy atom. The number of thiazole rings is 1. The van der Waals surface area contributed by atoms with Crippen molar-refractivity contribution >= 4 is 28.7 Å². The molecule has 8 heteroatoms. The third-order valence-corrected chi connectivity index (χ3v) is 5.07. The van der Waals surface area contributed by atoms with Gasteiger partial charge in [0, 0.05) is 17.7 Å². The molecule has 0 saturated heterocycles. The molecule has 5 nitrogen and oxygen atoms in total. The van der Waals surface area contributed by atoms with Gasteiger partial charge in [0.1, 0.15) is 11.5 Å². The molecule has 2 aromatic carbocycles. The summed E-state index contributed by atoms with van der Waals surface area (Å²) in [5.74, 6) is -1.90. The normalized spacial score (nSPS) is 11.2. The largest absolute Gasteiger partial charge is 0.478 e. The number of aryl methyl sites for hydroxylation is 1. The van der Waals surface area contributed by atoms with Gasteiger partial charge in [-0.3, -0.25) is 0 Å². The zero-order valence-electron chi connectivity index (χ0n) is 15.9. The molecule has 0 aliphatic carbocycles. The minimum absolute atomic E-state index is 0.198. The number of carbonyl (C=O) groups is 1. The monoisotopic (exact) mass is 415 g/mol. The zero-order valence-corrected chi connectivity index (χ0v) is 16.7. The highest BCUT2D eigenvalue weighted by atomic mass is 32.1. The van der Waals surface area contributed by atoms with Gasteiger partial charge in [-0.2, -0.15) is 9.49 Å². The van der Waals surface area contributed by atoms with Gasteiger partial charge in [0.2, 0.25) is 10.3 Å². The van der Waals surface area contributed by atoms with E-state index in [0.29, 0.717) is 23.7 Å². The number of hydrazone groups is 1. The van der Waals surface area contributed by atoms with Crippen LogP contribution in [0.1, 0.15) is 34.8 Å². The molecule has 0 unspecified atom stereocenters. The number of nitrogens with zero attached hydrogens (tertiary/aromatic N) is 3. The Hall–Kier alpha value is -3.13. The molecule has 0 amide bonds. The molecule has 1 heterocycles. The fourth-order valence-electron chi connectivity index (χ4n) is 2.78. The maximum Gasteiger partial charge on any atom is 0.336 e. The van der Waals surface area contributed by atoms with Crippen LogP contribution in [0.2, 0.25) is 0 Å².